The molecule has 1 aliphatic rings. The molecule has 27 heavy (non-hydrogen) atoms. The van der Waals surface area contributed by atoms with Crippen molar-refractivity contribution in [2.75, 3.05) is 32.7 Å². The number of nitrogens with one attached hydrogen (secondary N) is 2. The van der Waals surface area contributed by atoms with E-state index in [-0.39, 0.29) is 19.3 Å². The summed E-state index contributed by atoms with van der Waals surface area (Å²) < 4.78 is 21.6. The highest BCUT2D eigenvalue weighted by atomic mass is 16.6. The van der Waals surface area contributed by atoms with Crippen LogP contribution in [0, 0.1) is 0 Å². The number of amides is 2. The van der Waals surface area contributed by atoms with Gasteiger partial charge in [0.1, 0.15) is 24.2 Å². The molecule has 1 heterocycles. The molecule has 0 radical (unpaired) electrons. The Kier molecular flexibility index (Phi) is 5.65. The third kappa shape index (κ3) is 4.41. The Morgan fingerprint density at radius 3 is 2.59 bits per heavy atom. The summed E-state index contributed by atoms with van der Waals surface area (Å²) in [6.45, 7) is 0.422. The summed E-state index contributed by atoms with van der Waals surface area (Å²) in [6, 6.07) is 12.1. The average Bonchev–Trinajstić information content (AvgIpc) is 2.72. The molecule has 2 amide bonds. The van der Waals surface area contributed by atoms with Crippen LogP contribution in [0.4, 0.5) is 5.69 Å². The van der Waals surface area contributed by atoms with Gasteiger partial charge in [0.05, 0.1) is 26.5 Å². The molecular formula is C19H20N2O6. The number of hydrogen-bond donors (Lipinski definition) is 2. The topological polar surface area (TPSA) is 95.1 Å². The highest BCUT2D eigenvalue weighted by molar-refractivity contribution is 6.39. The Balaban J connectivity index is 1.54. The van der Waals surface area contributed by atoms with Crippen LogP contribution in [0.3, 0.4) is 0 Å². The molecule has 3 rings (SSSR count). The van der Waals surface area contributed by atoms with Crippen molar-refractivity contribution in [3.05, 3.63) is 42.5 Å². The molecule has 0 bridgehead atoms. The minimum atomic E-state index is -0.810. The van der Waals surface area contributed by atoms with Gasteiger partial charge < -0.3 is 29.6 Å². The second kappa shape index (κ2) is 8.31. The van der Waals surface area contributed by atoms with E-state index in [9.17, 15) is 9.59 Å². The Labute approximate surface area is 156 Å². The highest BCUT2D eigenvalue weighted by Crippen LogP contribution is 2.31. The maximum atomic E-state index is 12.1. The lowest BCUT2D eigenvalue weighted by Gasteiger charge is -2.26. The molecule has 0 saturated heterocycles. The van der Waals surface area contributed by atoms with E-state index < -0.39 is 11.8 Å². The summed E-state index contributed by atoms with van der Waals surface area (Å²) in [5.74, 6) is 0.630. The molecule has 0 saturated carbocycles. The van der Waals surface area contributed by atoms with Crippen LogP contribution in [-0.4, -0.2) is 45.3 Å². The summed E-state index contributed by atoms with van der Waals surface area (Å²) in [6.07, 6.45) is -0.382. The molecule has 142 valence electrons. The van der Waals surface area contributed by atoms with Crippen LogP contribution in [0.15, 0.2) is 42.5 Å². The lowest BCUT2D eigenvalue weighted by atomic mass is 10.2. The molecular weight excluding hydrogens is 352 g/mol. The first-order valence-electron chi connectivity index (χ1n) is 8.30. The van der Waals surface area contributed by atoms with Gasteiger partial charge in [-0.2, -0.15) is 0 Å². The molecule has 8 nitrogen and oxygen atoms in total. The SMILES string of the molecule is COc1ccc(NC(=O)C(=O)NC[C@H]2COc3ccccc3O2)c(OC)c1. The fraction of sp³-hybridized carbons (Fsp3) is 0.263. The normalized spacial score (nSPS) is 14.8. The summed E-state index contributed by atoms with van der Waals surface area (Å²) in [5.41, 5.74) is 0.365. The van der Waals surface area contributed by atoms with Crippen LogP contribution in [-0.2, 0) is 9.59 Å². The number of benzene rings is 2. The zero-order chi connectivity index (χ0) is 19.2. The summed E-state index contributed by atoms with van der Waals surface area (Å²) >= 11 is 0. The number of carbonyl (C=O) groups excluding carboxylic acids is 2. The Hall–Kier alpha value is -3.42. The van der Waals surface area contributed by atoms with Crippen molar-refractivity contribution in [2.24, 2.45) is 0 Å². The highest BCUT2D eigenvalue weighted by Gasteiger charge is 2.23. The number of para-hydroxylation sites is 2. The van der Waals surface area contributed by atoms with Crippen LogP contribution in [0.5, 0.6) is 23.0 Å². The first kappa shape index (κ1) is 18.4. The molecule has 0 aromatic heterocycles. The minimum absolute atomic E-state index is 0.139. The summed E-state index contributed by atoms with van der Waals surface area (Å²) in [7, 11) is 2.98. The van der Waals surface area contributed by atoms with Crippen molar-refractivity contribution in [1.82, 2.24) is 5.32 Å². The van der Waals surface area contributed by atoms with Crippen molar-refractivity contribution >= 4 is 17.5 Å². The van der Waals surface area contributed by atoms with Gasteiger partial charge in [-0.05, 0) is 24.3 Å². The monoisotopic (exact) mass is 372 g/mol. The van der Waals surface area contributed by atoms with Gasteiger partial charge in [-0.25, -0.2) is 0 Å². The van der Waals surface area contributed by atoms with E-state index in [0.29, 0.717) is 28.7 Å². The quantitative estimate of drug-likeness (QED) is 0.774. The van der Waals surface area contributed by atoms with Gasteiger partial charge in [-0.1, -0.05) is 12.1 Å². The molecule has 2 N–H and O–H groups in total. The zero-order valence-electron chi connectivity index (χ0n) is 15.0. The summed E-state index contributed by atoms with van der Waals surface area (Å²) in [5, 5.41) is 5.05. The fourth-order valence-electron chi connectivity index (χ4n) is 2.53. The van der Waals surface area contributed by atoms with Gasteiger partial charge in [0.15, 0.2) is 11.5 Å². The Bertz CT molecular complexity index is 839. The van der Waals surface area contributed by atoms with Crippen LogP contribution < -0.4 is 29.6 Å². The number of carbonyl (C=O) groups is 2. The lowest BCUT2D eigenvalue weighted by Crippen LogP contribution is -2.44. The second-order valence-electron chi connectivity index (χ2n) is 5.73. The van der Waals surface area contributed by atoms with E-state index in [0.717, 1.165) is 0 Å². The predicted octanol–water partition coefficient (Wildman–Crippen LogP) is 1.60. The molecule has 8 heteroatoms. The number of hydrogen-bond acceptors (Lipinski definition) is 6. The molecule has 2 aromatic rings. The maximum Gasteiger partial charge on any atom is 0.313 e. The molecule has 0 unspecified atom stereocenters. The van der Waals surface area contributed by atoms with Crippen LogP contribution >= 0.6 is 0 Å². The third-order valence-corrected chi connectivity index (χ3v) is 3.92. The number of rotatable bonds is 5. The van der Waals surface area contributed by atoms with Crippen molar-refractivity contribution in [3.63, 3.8) is 0 Å². The number of methoxy groups -OCH3 is 2. The molecule has 1 atom stereocenters. The number of fused-ring (bicyclic) bond motifs is 1. The fourth-order valence-corrected chi connectivity index (χ4v) is 2.53. The number of anilines is 1. The van der Waals surface area contributed by atoms with Crippen LogP contribution in [0.1, 0.15) is 0 Å². The molecule has 2 aromatic carbocycles. The van der Waals surface area contributed by atoms with E-state index >= 15 is 0 Å². The predicted molar refractivity (Wildman–Crippen MR) is 97.5 cm³/mol. The minimum Gasteiger partial charge on any atom is -0.497 e. The molecule has 1 aliphatic heterocycles. The van der Waals surface area contributed by atoms with E-state index in [1.165, 1.54) is 14.2 Å². The lowest BCUT2D eigenvalue weighted by molar-refractivity contribution is -0.136. The first-order chi connectivity index (χ1) is 13.1. The van der Waals surface area contributed by atoms with E-state index in [2.05, 4.69) is 10.6 Å². The molecule has 0 fully saturated rings. The largest absolute Gasteiger partial charge is 0.497 e. The van der Waals surface area contributed by atoms with Gasteiger partial charge in [0.25, 0.3) is 0 Å². The smallest absolute Gasteiger partial charge is 0.313 e. The van der Waals surface area contributed by atoms with Gasteiger partial charge >= 0.3 is 11.8 Å². The van der Waals surface area contributed by atoms with E-state index in [4.69, 9.17) is 18.9 Å². The number of ether oxygens (including phenoxy) is 4. The van der Waals surface area contributed by atoms with Crippen molar-refractivity contribution in [1.29, 1.82) is 0 Å². The maximum absolute atomic E-state index is 12.1. The van der Waals surface area contributed by atoms with Crippen LogP contribution in [0.25, 0.3) is 0 Å². The van der Waals surface area contributed by atoms with Gasteiger partial charge in [0, 0.05) is 6.07 Å². The Morgan fingerprint density at radius 2 is 1.85 bits per heavy atom. The van der Waals surface area contributed by atoms with Crippen molar-refractivity contribution in [3.8, 4) is 23.0 Å². The van der Waals surface area contributed by atoms with E-state index in [1.54, 1.807) is 30.3 Å². The van der Waals surface area contributed by atoms with E-state index in [1.807, 2.05) is 12.1 Å². The van der Waals surface area contributed by atoms with Crippen LogP contribution in [0.2, 0.25) is 0 Å². The van der Waals surface area contributed by atoms with Gasteiger partial charge in [0.2, 0.25) is 0 Å². The van der Waals surface area contributed by atoms with Crippen molar-refractivity contribution < 1.29 is 28.5 Å². The molecule has 0 aliphatic carbocycles. The standard InChI is InChI=1S/C19H20N2O6/c1-24-12-7-8-14(17(9-12)25-2)21-19(23)18(22)20-10-13-11-26-15-5-3-4-6-16(15)27-13/h3-9,13H,10-11H2,1-2H3,(H,20,22)(H,21,23)/t13-/m0/s1. The summed E-state index contributed by atoms with van der Waals surface area (Å²) in [4.78, 5) is 24.2. The Morgan fingerprint density at radius 1 is 1.07 bits per heavy atom. The van der Waals surface area contributed by atoms with Gasteiger partial charge in [-0.15, -0.1) is 0 Å². The first-order valence-corrected chi connectivity index (χ1v) is 8.30. The zero-order valence-corrected chi connectivity index (χ0v) is 15.0. The average molecular weight is 372 g/mol. The molecule has 0 spiro atoms. The second-order valence-corrected chi connectivity index (χ2v) is 5.73. The van der Waals surface area contributed by atoms with Gasteiger partial charge in [-0.3, -0.25) is 9.59 Å². The third-order valence-electron chi connectivity index (χ3n) is 3.92. The van der Waals surface area contributed by atoms with Crippen molar-refractivity contribution in [2.45, 2.75) is 6.10 Å².